The zero-order valence-corrected chi connectivity index (χ0v) is 18.6. The number of benzene rings is 1. The summed E-state index contributed by atoms with van der Waals surface area (Å²) in [6.45, 7) is 0.611. The molecule has 1 aliphatic heterocycles. The predicted molar refractivity (Wildman–Crippen MR) is 120 cm³/mol. The first kappa shape index (κ1) is 23.7. The van der Waals surface area contributed by atoms with Gasteiger partial charge in [0, 0.05) is 19.5 Å². The number of thiocarbonyl (C=S) groups is 1. The zero-order valence-electron chi connectivity index (χ0n) is 15.5. The molecular weight excluding hydrogens is 455 g/mol. The van der Waals surface area contributed by atoms with E-state index in [-0.39, 0.29) is 24.8 Å². The maximum absolute atomic E-state index is 12.6. The average molecular weight is 475 g/mol. The van der Waals surface area contributed by atoms with E-state index in [9.17, 15) is 14.4 Å². The molecule has 2 amide bonds. The van der Waals surface area contributed by atoms with Crippen LogP contribution in [-0.2, 0) is 14.4 Å². The van der Waals surface area contributed by atoms with Crippen LogP contribution in [0.5, 0.6) is 0 Å². The molecule has 2 N–H and O–H groups in total. The summed E-state index contributed by atoms with van der Waals surface area (Å²) in [5, 5.41) is 11.9. The van der Waals surface area contributed by atoms with Crippen LogP contribution in [0.3, 0.4) is 0 Å². The second-order valence-electron chi connectivity index (χ2n) is 6.28. The van der Waals surface area contributed by atoms with E-state index in [2.05, 4.69) is 5.32 Å². The van der Waals surface area contributed by atoms with Crippen molar-refractivity contribution in [2.45, 2.75) is 32.1 Å². The van der Waals surface area contributed by atoms with E-state index >= 15 is 0 Å². The fourth-order valence-corrected chi connectivity index (χ4v) is 4.26. The number of rotatable bonds is 10. The van der Waals surface area contributed by atoms with Crippen LogP contribution < -0.4 is 5.32 Å². The molecule has 10 heteroatoms. The number of aliphatic carboxylic acids is 1. The Hall–Kier alpha value is -1.61. The van der Waals surface area contributed by atoms with E-state index < -0.39 is 5.97 Å². The molecule has 156 valence electrons. The molecule has 0 saturated carbocycles. The van der Waals surface area contributed by atoms with E-state index in [0.717, 1.165) is 6.42 Å². The first-order valence-corrected chi connectivity index (χ1v) is 11.0. The van der Waals surface area contributed by atoms with Gasteiger partial charge in [0.15, 0.2) is 0 Å². The lowest BCUT2D eigenvalue weighted by Gasteiger charge is -2.14. The van der Waals surface area contributed by atoms with E-state index in [0.29, 0.717) is 50.6 Å². The first-order chi connectivity index (χ1) is 13.8. The number of carbonyl (C=O) groups is 3. The summed E-state index contributed by atoms with van der Waals surface area (Å²) in [5.74, 6) is -1.28. The highest BCUT2D eigenvalue weighted by Crippen LogP contribution is 2.35. The molecule has 2 rings (SSSR count). The van der Waals surface area contributed by atoms with Crippen molar-refractivity contribution < 1.29 is 19.5 Å². The molecule has 0 radical (unpaired) electrons. The highest BCUT2D eigenvalue weighted by molar-refractivity contribution is 8.26. The fraction of sp³-hybridized carbons (Fsp3) is 0.368. The van der Waals surface area contributed by atoms with Crippen molar-refractivity contribution in [3.63, 3.8) is 0 Å². The van der Waals surface area contributed by atoms with E-state index in [1.165, 1.54) is 11.8 Å². The number of carboxylic acid groups (broad SMARTS) is 1. The van der Waals surface area contributed by atoms with Crippen molar-refractivity contribution in [3.8, 4) is 0 Å². The Balaban J connectivity index is 1.78. The Morgan fingerprint density at radius 1 is 1.21 bits per heavy atom. The molecule has 1 aromatic carbocycles. The third-order valence-electron chi connectivity index (χ3n) is 4.09. The number of nitrogens with zero attached hydrogens (tertiary/aromatic N) is 1. The van der Waals surface area contributed by atoms with Gasteiger partial charge in [0.1, 0.15) is 4.32 Å². The summed E-state index contributed by atoms with van der Waals surface area (Å²) in [7, 11) is 0. The molecule has 0 aliphatic carbocycles. The van der Waals surface area contributed by atoms with Crippen LogP contribution in [0.1, 0.15) is 37.7 Å². The molecule has 1 fully saturated rings. The van der Waals surface area contributed by atoms with Crippen LogP contribution in [0.15, 0.2) is 23.1 Å². The molecule has 0 atom stereocenters. The van der Waals surface area contributed by atoms with E-state index in [1.54, 1.807) is 29.2 Å². The van der Waals surface area contributed by atoms with Gasteiger partial charge in [-0.3, -0.25) is 19.3 Å². The third-order valence-corrected chi connectivity index (χ3v) is 6.30. The third kappa shape index (κ3) is 7.29. The van der Waals surface area contributed by atoms with Gasteiger partial charge >= 0.3 is 5.97 Å². The van der Waals surface area contributed by atoms with Gasteiger partial charge in [0.25, 0.3) is 5.91 Å². The number of nitrogens with one attached hydrogen (secondary N) is 1. The molecule has 1 heterocycles. The van der Waals surface area contributed by atoms with Crippen LogP contribution in [0.4, 0.5) is 0 Å². The summed E-state index contributed by atoms with van der Waals surface area (Å²) in [6.07, 6.45) is 4.04. The van der Waals surface area contributed by atoms with Crippen molar-refractivity contribution in [1.29, 1.82) is 0 Å². The lowest BCUT2D eigenvalue weighted by Crippen LogP contribution is -2.29. The second-order valence-corrected chi connectivity index (χ2v) is 8.74. The van der Waals surface area contributed by atoms with Crippen LogP contribution in [0.25, 0.3) is 6.08 Å². The van der Waals surface area contributed by atoms with Crippen molar-refractivity contribution in [2.75, 3.05) is 13.1 Å². The minimum atomic E-state index is -0.944. The summed E-state index contributed by atoms with van der Waals surface area (Å²) < 4.78 is 0.491. The standard InChI is InChI=1S/C19H20Cl2N2O4S2/c20-13-6-4-5-12(17(13)21)11-14-18(27)23(19(28)29-14)10-3-1-2-7-15(24)22-9-8-16(25)26/h4-6,11H,1-3,7-10H2,(H,22,24)(H,25,26)/b14-11-. The maximum atomic E-state index is 12.6. The monoisotopic (exact) mass is 474 g/mol. The number of amides is 2. The summed E-state index contributed by atoms with van der Waals surface area (Å²) in [4.78, 5) is 36.7. The molecule has 1 aliphatic rings. The Kier molecular flexibility index (Phi) is 9.42. The normalized spacial score (nSPS) is 15.2. The van der Waals surface area contributed by atoms with E-state index in [1.807, 2.05) is 0 Å². The van der Waals surface area contributed by atoms with Crippen molar-refractivity contribution in [1.82, 2.24) is 10.2 Å². The van der Waals surface area contributed by atoms with Gasteiger partial charge in [-0.25, -0.2) is 0 Å². The lowest BCUT2D eigenvalue weighted by molar-refractivity contribution is -0.137. The van der Waals surface area contributed by atoms with Gasteiger partial charge in [-0.15, -0.1) is 0 Å². The Morgan fingerprint density at radius 3 is 2.69 bits per heavy atom. The second kappa shape index (κ2) is 11.5. The summed E-state index contributed by atoms with van der Waals surface area (Å²) in [5.41, 5.74) is 0.661. The summed E-state index contributed by atoms with van der Waals surface area (Å²) in [6, 6.07) is 5.22. The molecule has 1 saturated heterocycles. The smallest absolute Gasteiger partial charge is 0.305 e. The largest absolute Gasteiger partial charge is 0.481 e. The minimum absolute atomic E-state index is 0.0891. The van der Waals surface area contributed by atoms with Crippen molar-refractivity contribution in [2.24, 2.45) is 0 Å². The first-order valence-electron chi connectivity index (χ1n) is 8.97. The predicted octanol–water partition coefficient (Wildman–Crippen LogP) is 4.35. The topological polar surface area (TPSA) is 86.7 Å². The van der Waals surface area contributed by atoms with Crippen LogP contribution in [-0.4, -0.2) is 45.2 Å². The van der Waals surface area contributed by atoms with Crippen LogP contribution >= 0.6 is 47.2 Å². The molecule has 0 aromatic heterocycles. The molecular formula is C19H20Cl2N2O4S2. The Morgan fingerprint density at radius 2 is 1.97 bits per heavy atom. The number of unbranched alkanes of at least 4 members (excludes halogenated alkanes) is 2. The molecule has 0 unspecified atom stereocenters. The Bertz CT molecular complexity index is 845. The molecule has 1 aromatic rings. The van der Waals surface area contributed by atoms with Gasteiger partial charge < -0.3 is 10.4 Å². The summed E-state index contributed by atoms with van der Waals surface area (Å²) >= 11 is 18.7. The van der Waals surface area contributed by atoms with Gasteiger partial charge in [-0.05, 0) is 30.5 Å². The lowest BCUT2D eigenvalue weighted by atomic mass is 10.1. The van der Waals surface area contributed by atoms with Crippen molar-refractivity contribution >= 4 is 75.4 Å². The number of carbonyl (C=O) groups excluding carboxylic acids is 2. The number of thioether (sulfide) groups is 1. The van der Waals surface area contributed by atoms with Gasteiger partial charge in [0.2, 0.25) is 5.91 Å². The SMILES string of the molecule is O=C(O)CCNC(=O)CCCCCN1C(=O)/C(=C/c2cccc(Cl)c2Cl)SC1=S. The van der Waals surface area contributed by atoms with Crippen LogP contribution in [0, 0.1) is 0 Å². The van der Waals surface area contributed by atoms with Crippen molar-refractivity contribution in [3.05, 3.63) is 38.7 Å². The fourth-order valence-electron chi connectivity index (χ4n) is 2.60. The zero-order chi connectivity index (χ0) is 21.4. The minimum Gasteiger partial charge on any atom is -0.481 e. The number of carboxylic acids is 1. The quantitative estimate of drug-likeness (QED) is 0.297. The highest BCUT2D eigenvalue weighted by Gasteiger charge is 2.31. The number of hydrogen-bond acceptors (Lipinski definition) is 5. The van der Waals surface area contributed by atoms with E-state index in [4.69, 9.17) is 40.5 Å². The van der Waals surface area contributed by atoms with Gasteiger partial charge in [0.05, 0.1) is 21.4 Å². The van der Waals surface area contributed by atoms with Gasteiger partial charge in [-0.2, -0.15) is 0 Å². The molecule has 0 bridgehead atoms. The Labute approximate surface area is 188 Å². The molecule has 29 heavy (non-hydrogen) atoms. The molecule has 6 nitrogen and oxygen atoms in total. The van der Waals surface area contributed by atoms with Crippen LogP contribution in [0.2, 0.25) is 10.0 Å². The molecule has 0 spiro atoms. The number of hydrogen-bond donors (Lipinski definition) is 2. The average Bonchev–Trinajstić information content (AvgIpc) is 2.92. The number of halogens is 2. The van der Waals surface area contributed by atoms with Gasteiger partial charge in [-0.1, -0.05) is 65.7 Å². The highest BCUT2D eigenvalue weighted by atomic mass is 35.5. The maximum Gasteiger partial charge on any atom is 0.305 e.